The van der Waals surface area contributed by atoms with E-state index < -0.39 is 6.10 Å². The molecule has 0 saturated heterocycles. The summed E-state index contributed by atoms with van der Waals surface area (Å²) in [6, 6.07) is 0. The van der Waals surface area contributed by atoms with Gasteiger partial charge in [-0.2, -0.15) is 0 Å². The highest BCUT2D eigenvalue weighted by Crippen LogP contribution is 2.19. The fourth-order valence-electron chi connectivity index (χ4n) is 9.71. The Morgan fingerprint density at radius 2 is 0.420 bits per heavy atom. The molecule has 0 bridgehead atoms. The lowest BCUT2D eigenvalue weighted by molar-refractivity contribution is -0.167. The van der Waals surface area contributed by atoms with E-state index in [0.29, 0.717) is 19.3 Å². The second-order valence-electron chi connectivity index (χ2n) is 23.1. The molecule has 6 heteroatoms. The van der Waals surface area contributed by atoms with Gasteiger partial charge in [0, 0.05) is 19.3 Å². The SMILES string of the molecule is CC(C)CCCCCCCCCCCCCCCCCCC(=O)OC[C@@H](COC(=O)CCCCCCCCCCCCCCCC(C)C)OC(=O)CCCCCCCCCCCCCCCC(C)C. The molecule has 1 atom stereocenters. The maximum atomic E-state index is 12.9. The van der Waals surface area contributed by atoms with Gasteiger partial charge in [-0.25, -0.2) is 0 Å². The number of hydrogen-bond donors (Lipinski definition) is 0. The van der Waals surface area contributed by atoms with E-state index in [1.165, 1.54) is 231 Å². The van der Waals surface area contributed by atoms with E-state index in [0.717, 1.165) is 75.5 Å². The molecule has 69 heavy (non-hydrogen) atoms. The number of carbonyl (C=O) groups excluding carboxylic acids is 3. The normalized spacial score (nSPS) is 12.1. The van der Waals surface area contributed by atoms with E-state index in [1.54, 1.807) is 0 Å². The van der Waals surface area contributed by atoms with Gasteiger partial charge in [0.2, 0.25) is 0 Å². The summed E-state index contributed by atoms with van der Waals surface area (Å²) < 4.78 is 16.9. The molecule has 0 heterocycles. The van der Waals surface area contributed by atoms with E-state index in [1.807, 2.05) is 0 Å². The summed E-state index contributed by atoms with van der Waals surface area (Å²) in [6.45, 7) is 13.8. The van der Waals surface area contributed by atoms with Gasteiger partial charge in [-0.3, -0.25) is 14.4 Å². The van der Waals surface area contributed by atoms with Crippen LogP contribution in [0.3, 0.4) is 0 Å². The summed E-state index contributed by atoms with van der Waals surface area (Å²) in [6.07, 6.45) is 58.1. The summed E-state index contributed by atoms with van der Waals surface area (Å²) in [5.74, 6) is 1.69. The molecule has 0 saturated carbocycles. The van der Waals surface area contributed by atoms with E-state index in [-0.39, 0.29) is 31.1 Å². The van der Waals surface area contributed by atoms with Gasteiger partial charge >= 0.3 is 17.9 Å². The highest BCUT2D eigenvalue weighted by molar-refractivity contribution is 5.71. The highest BCUT2D eigenvalue weighted by atomic mass is 16.6. The smallest absolute Gasteiger partial charge is 0.306 e. The van der Waals surface area contributed by atoms with Crippen LogP contribution in [0.25, 0.3) is 0 Å². The minimum absolute atomic E-state index is 0.0628. The fraction of sp³-hybridized carbons (Fsp3) is 0.952. The predicted octanol–water partition coefficient (Wildman–Crippen LogP) is 20.7. The number of esters is 3. The third-order valence-corrected chi connectivity index (χ3v) is 14.4. The fourth-order valence-corrected chi connectivity index (χ4v) is 9.71. The van der Waals surface area contributed by atoms with Crippen LogP contribution >= 0.6 is 0 Å². The van der Waals surface area contributed by atoms with Crippen LogP contribution in [0.5, 0.6) is 0 Å². The number of unbranched alkanes of at least 4 members (excludes halogenated alkanes) is 39. The molecule has 0 aromatic heterocycles. The van der Waals surface area contributed by atoms with Crippen LogP contribution in [0.1, 0.15) is 350 Å². The Morgan fingerprint density at radius 1 is 0.246 bits per heavy atom. The Balaban J connectivity index is 4.29. The molecule has 0 spiro atoms. The van der Waals surface area contributed by atoms with Gasteiger partial charge in [0.15, 0.2) is 6.10 Å². The van der Waals surface area contributed by atoms with E-state index in [2.05, 4.69) is 41.5 Å². The van der Waals surface area contributed by atoms with Crippen molar-refractivity contribution >= 4 is 17.9 Å². The molecule has 0 aliphatic carbocycles. The van der Waals surface area contributed by atoms with Crippen molar-refractivity contribution in [3.05, 3.63) is 0 Å². The van der Waals surface area contributed by atoms with Crippen molar-refractivity contribution < 1.29 is 28.6 Å². The van der Waals surface area contributed by atoms with Gasteiger partial charge < -0.3 is 14.2 Å². The second kappa shape index (κ2) is 54.2. The van der Waals surface area contributed by atoms with Gasteiger partial charge in [0.1, 0.15) is 13.2 Å². The molecule has 0 aromatic rings. The first-order valence-corrected chi connectivity index (χ1v) is 31.1. The molecular formula is C63H122O6. The van der Waals surface area contributed by atoms with Crippen molar-refractivity contribution in [2.45, 2.75) is 356 Å². The lowest BCUT2D eigenvalue weighted by Gasteiger charge is -2.18. The maximum absolute atomic E-state index is 12.9. The molecule has 0 N–H and O–H groups in total. The van der Waals surface area contributed by atoms with Crippen LogP contribution < -0.4 is 0 Å². The van der Waals surface area contributed by atoms with Crippen molar-refractivity contribution in [2.24, 2.45) is 17.8 Å². The molecule has 0 fully saturated rings. The largest absolute Gasteiger partial charge is 0.462 e. The standard InChI is InChI=1S/C63H122O6/c1-57(2)49-43-37-31-25-19-13-9-7-8-10-16-22-28-34-40-46-52-61(64)67-55-60(69-63(66)54-48-42-36-30-24-18-12-15-21-27-33-39-45-51-59(5)6)56-68-62(65)53-47-41-35-29-23-17-11-14-20-26-32-38-44-50-58(3)4/h57-60H,7-56H2,1-6H3/t60-/m0/s1. The van der Waals surface area contributed by atoms with Crippen molar-refractivity contribution in [3.8, 4) is 0 Å². The molecule has 0 amide bonds. The highest BCUT2D eigenvalue weighted by Gasteiger charge is 2.19. The van der Waals surface area contributed by atoms with Crippen molar-refractivity contribution in [3.63, 3.8) is 0 Å². The maximum Gasteiger partial charge on any atom is 0.306 e. The van der Waals surface area contributed by atoms with Crippen molar-refractivity contribution in [1.29, 1.82) is 0 Å². The average molecular weight is 976 g/mol. The Kier molecular flexibility index (Phi) is 52.9. The summed E-state index contributed by atoms with van der Waals surface area (Å²) in [7, 11) is 0. The Hall–Kier alpha value is -1.59. The van der Waals surface area contributed by atoms with Crippen molar-refractivity contribution in [2.75, 3.05) is 13.2 Å². The Bertz CT molecular complexity index is 1070. The predicted molar refractivity (Wildman–Crippen MR) is 298 cm³/mol. The molecule has 0 unspecified atom stereocenters. The number of ether oxygens (including phenoxy) is 3. The first-order valence-electron chi connectivity index (χ1n) is 31.1. The third-order valence-electron chi connectivity index (χ3n) is 14.4. The monoisotopic (exact) mass is 975 g/mol. The number of carbonyl (C=O) groups is 3. The summed E-state index contributed by atoms with van der Waals surface area (Å²) in [5, 5.41) is 0. The molecule has 410 valence electrons. The van der Waals surface area contributed by atoms with Crippen LogP contribution in [0.2, 0.25) is 0 Å². The molecule has 0 rings (SSSR count). The van der Waals surface area contributed by atoms with Gasteiger partial charge in [-0.15, -0.1) is 0 Å². The zero-order chi connectivity index (χ0) is 50.5. The lowest BCUT2D eigenvalue weighted by Crippen LogP contribution is -2.30. The average Bonchev–Trinajstić information content (AvgIpc) is 3.31. The zero-order valence-electron chi connectivity index (χ0n) is 47.6. The lowest BCUT2D eigenvalue weighted by atomic mass is 10.0. The summed E-state index contributed by atoms with van der Waals surface area (Å²) in [4.78, 5) is 38.3. The Labute approximate surface area is 431 Å². The van der Waals surface area contributed by atoms with Crippen LogP contribution in [-0.4, -0.2) is 37.2 Å². The molecule has 0 radical (unpaired) electrons. The first kappa shape index (κ1) is 67.4. The van der Waals surface area contributed by atoms with E-state index in [9.17, 15) is 14.4 Å². The van der Waals surface area contributed by atoms with Crippen LogP contribution in [-0.2, 0) is 28.6 Å². The Morgan fingerprint density at radius 3 is 0.623 bits per heavy atom. The topological polar surface area (TPSA) is 78.9 Å². The second-order valence-corrected chi connectivity index (χ2v) is 23.1. The summed E-state index contributed by atoms with van der Waals surface area (Å²) in [5.41, 5.74) is 0. The van der Waals surface area contributed by atoms with Gasteiger partial charge in [-0.05, 0) is 37.0 Å². The van der Waals surface area contributed by atoms with Crippen LogP contribution in [0.4, 0.5) is 0 Å². The van der Waals surface area contributed by atoms with Gasteiger partial charge in [0.05, 0.1) is 0 Å². The van der Waals surface area contributed by atoms with Crippen LogP contribution in [0.15, 0.2) is 0 Å². The first-order chi connectivity index (χ1) is 33.6. The summed E-state index contributed by atoms with van der Waals surface area (Å²) >= 11 is 0. The number of hydrogen-bond acceptors (Lipinski definition) is 6. The van der Waals surface area contributed by atoms with Crippen LogP contribution in [0, 0.1) is 17.8 Å². The number of rotatable bonds is 56. The van der Waals surface area contributed by atoms with Crippen molar-refractivity contribution in [1.82, 2.24) is 0 Å². The molecule has 6 nitrogen and oxygen atoms in total. The van der Waals surface area contributed by atoms with Gasteiger partial charge in [0.25, 0.3) is 0 Å². The van der Waals surface area contributed by atoms with E-state index in [4.69, 9.17) is 14.2 Å². The quantitative estimate of drug-likeness (QED) is 0.0343. The molecular weight excluding hydrogens is 853 g/mol. The molecule has 0 aliphatic rings. The zero-order valence-corrected chi connectivity index (χ0v) is 47.6. The molecule has 0 aromatic carbocycles. The van der Waals surface area contributed by atoms with Gasteiger partial charge in [-0.1, -0.05) is 311 Å². The molecule has 0 aliphatic heterocycles. The van der Waals surface area contributed by atoms with E-state index >= 15 is 0 Å². The minimum atomic E-state index is -0.764. The third kappa shape index (κ3) is 57.2. The minimum Gasteiger partial charge on any atom is -0.462 e.